The number of hydrogen-bond acceptors (Lipinski definition) is 2. The van der Waals surface area contributed by atoms with Gasteiger partial charge in [-0.25, -0.2) is 0 Å². The van der Waals surface area contributed by atoms with Gasteiger partial charge in [-0.15, -0.1) is 0 Å². The number of hydrogen-bond donors (Lipinski definition) is 1. The molecule has 2 nitrogen and oxygen atoms in total. The minimum Gasteiger partial charge on any atom is -0.368 e. The topological polar surface area (TPSA) is 29.3 Å². The van der Waals surface area contributed by atoms with Gasteiger partial charge in [-0.3, -0.25) is 0 Å². The Bertz CT molecular complexity index is 362. The van der Waals surface area contributed by atoms with Crippen molar-refractivity contribution >= 4 is 5.69 Å². The Kier molecular flexibility index (Phi) is 4.06. The maximum Gasteiger partial charge on any atom is 0.0401 e. The summed E-state index contributed by atoms with van der Waals surface area (Å²) in [7, 11) is 0. The van der Waals surface area contributed by atoms with Crippen molar-refractivity contribution < 1.29 is 0 Å². The van der Waals surface area contributed by atoms with Crippen LogP contribution in [-0.4, -0.2) is 19.1 Å². The van der Waals surface area contributed by atoms with Crippen molar-refractivity contribution in [1.29, 1.82) is 0 Å². The van der Waals surface area contributed by atoms with E-state index in [0.717, 1.165) is 18.9 Å². The molecule has 2 rings (SSSR count). The number of fused-ring (bicyclic) bond motifs is 1. The highest BCUT2D eigenvalue weighted by atomic mass is 15.2. The predicted octanol–water partition coefficient (Wildman–Crippen LogP) is 2.81. The summed E-state index contributed by atoms with van der Waals surface area (Å²) in [4.78, 5) is 2.58. The molecule has 0 spiro atoms. The molecule has 1 aliphatic rings. The maximum atomic E-state index is 5.74. The van der Waals surface area contributed by atoms with Gasteiger partial charge in [0.1, 0.15) is 0 Å². The van der Waals surface area contributed by atoms with Crippen molar-refractivity contribution in [2.45, 2.75) is 39.2 Å². The van der Waals surface area contributed by atoms with E-state index in [4.69, 9.17) is 5.73 Å². The van der Waals surface area contributed by atoms with E-state index in [0.29, 0.717) is 6.04 Å². The van der Waals surface area contributed by atoms with Gasteiger partial charge in [0, 0.05) is 18.3 Å². The summed E-state index contributed by atoms with van der Waals surface area (Å²) in [5, 5.41) is 0. The molecule has 0 fully saturated rings. The first-order valence-corrected chi connectivity index (χ1v) is 6.80. The molecule has 94 valence electrons. The first-order valence-electron chi connectivity index (χ1n) is 6.80. The molecule has 0 saturated heterocycles. The second kappa shape index (κ2) is 5.54. The molecule has 0 bridgehead atoms. The minimum absolute atomic E-state index is 0.601. The highest BCUT2D eigenvalue weighted by Crippen LogP contribution is 2.32. The number of anilines is 1. The van der Waals surface area contributed by atoms with Crippen LogP contribution in [0.2, 0.25) is 0 Å². The average Bonchev–Trinajstić information content (AvgIpc) is 2.35. The fourth-order valence-corrected chi connectivity index (χ4v) is 2.96. The maximum absolute atomic E-state index is 5.74. The molecule has 2 N–H and O–H groups in total. The Morgan fingerprint density at radius 1 is 1.41 bits per heavy atom. The third-order valence-electron chi connectivity index (χ3n) is 3.79. The number of para-hydroxylation sites is 1. The van der Waals surface area contributed by atoms with Gasteiger partial charge < -0.3 is 10.6 Å². The molecular weight excluding hydrogens is 208 g/mol. The van der Waals surface area contributed by atoms with Crippen molar-refractivity contribution in [3.63, 3.8) is 0 Å². The van der Waals surface area contributed by atoms with Gasteiger partial charge in [0.25, 0.3) is 0 Å². The fourth-order valence-electron chi connectivity index (χ4n) is 2.96. The zero-order valence-corrected chi connectivity index (χ0v) is 11.0. The van der Waals surface area contributed by atoms with Crippen molar-refractivity contribution in [1.82, 2.24) is 0 Å². The Balaban J connectivity index is 2.28. The lowest BCUT2D eigenvalue weighted by Crippen LogP contribution is -2.42. The van der Waals surface area contributed by atoms with Crippen molar-refractivity contribution in [3.8, 4) is 0 Å². The summed E-state index contributed by atoms with van der Waals surface area (Å²) in [6.07, 6.45) is 3.49. The summed E-state index contributed by atoms with van der Waals surface area (Å²) < 4.78 is 0. The van der Waals surface area contributed by atoms with Crippen LogP contribution >= 0.6 is 0 Å². The second-order valence-electron chi connectivity index (χ2n) is 5.23. The molecule has 1 aliphatic heterocycles. The van der Waals surface area contributed by atoms with Crippen LogP contribution in [0, 0.1) is 5.92 Å². The Labute approximate surface area is 105 Å². The van der Waals surface area contributed by atoms with E-state index in [1.807, 2.05) is 0 Å². The van der Waals surface area contributed by atoms with Crippen LogP contribution < -0.4 is 10.6 Å². The van der Waals surface area contributed by atoms with Crippen molar-refractivity contribution in [2.75, 3.05) is 18.0 Å². The zero-order valence-electron chi connectivity index (χ0n) is 11.0. The first kappa shape index (κ1) is 12.4. The van der Waals surface area contributed by atoms with Gasteiger partial charge in [-0.05, 0) is 43.4 Å². The van der Waals surface area contributed by atoms with Crippen LogP contribution in [0.15, 0.2) is 24.3 Å². The standard InChI is InChI=1S/C15H24N2/c1-3-14(8-9-16)17-11-12(2)10-13-6-4-5-7-15(13)17/h4-7,12,14H,3,8-11,16H2,1-2H3. The van der Waals surface area contributed by atoms with Crippen molar-refractivity contribution in [2.24, 2.45) is 11.7 Å². The number of rotatable bonds is 4. The second-order valence-corrected chi connectivity index (χ2v) is 5.23. The fraction of sp³-hybridized carbons (Fsp3) is 0.600. The number of benzene rings is 1. The molecule has 2 atom stereocenters. The lowest BCUT2D eigenvalue weighted by molar-refractivity contribution is 0.459. The molecule has 0 radical (unpaired) electrons. The zero-order chi connectivity index (χ0) is 12.3. The first-order chi connectivity index (χ1) is 8.26. The molecule has 0 aliphatic carbocycles. The molecule has 0 aromatic heterocycles. The van der Waals surface area contributed by atoms with Gasteiger partial charge in [0.05, 0.1) is 0 Å². The summed E-state index contributed by atoms with van der Waals surface area (Å²) in [5.74, 6) is 0.747. The highest BCUT2D eigenvalue weighted by Gasteiger charge is 2.25. The van der Waals surface area contributed by atoms with Gasteiger partial charge in [0.2, 0.25) is 0 Å². The van der Waals surface area contributed by atoms with Crippen molar-refractivity contribution in [3.05, 3.63) is 29.8 Å². The van der Waals surface area contributed by atoms with Crippen LogP contribution in [-0.2, 0) is 6.42 Å². The Hall–Kier alpha value is -1.02. The molecule has 1 heterocycles. The number of nitrogens with two attached hydrogens (primary N) is 1. The Morgan fingerprint density at radius 3 is 2.88 bits per heavy atom. The van der Waals surface area contributed by atoms with Crippen LogP contribution in [0.4, 0.5) is 5.69 Å². The predicted molar refractivity (Wildman–Crippen MR) is 74.4 cm³/mol. The quantitative estimate of drug-likeness (QED) is 0.865. The van der Waals surface area contributed by atoms with Crippen LogP contribution in [0.1, 0.15) is 32.3 Å². The Morgan fingerprint density at radius 2 is 2.18 bits per heavy atom. The van der Waals surface area contributed by atoms with E-state index < -0.39 is 0 Å². The van der Waals surface area contributed by atoms with E-state index in [-0.39, 0.29) is 0 Å². The van der Waals surface area contributed by atoms with E-state index in [9.17, 15) is 0 Å². The molecule has 0 saturated carbocycles. The van der Waals surface area contributed by atoms with E-state index >= 15 is 0 Å². The lowest BCUT2D eigenvalue weighted by atomic mass is 9.91. The SMILES string of the molecule is CCC(CCN)N1CC(C)Cc2ccccc21. The van der Waals surface area contributed by atoms with E-state index in [1.54, 1.807) is 0 Å². The molecular formula is C15H24N2. The third kappa shape index (κ3) is 2.63. The summed E-state index contributed by atoms with van der Waals surface area (Å²) in [6.45, 7) is 6.57. The molecule has 1 aromatic rings. The normalized spacial score (nSPS) is 21.1. The molecule has 2 unspecified atom stereocenters. The number of nitrogens with zero attached hydrogens (tertiary/aromatic N) is 1. The van der Waals surface area contributed by atoms with Crippen LogP contribution in [0.3, 0.4) is 0 Å². The molecule has 0 amide bonds. The van der Waals surface area contributed by atoms with Gasteiger partial charge in [-0.1, -0.05) is 32.0 Å². The third-order valence-corrected chi connectivity index (χ3v) is 3.79. The minimum atomic E-state index is 0.601. The summed E-state index contributed by atoms with van der Waals surface area (Å²) in [6, 6.07) is 9.44. The lowest BCUT2D eigenvalue weighted by Gasteiger charge is -2.40. The molecule has 2 heteroatoms. The average molecular weight is 232 g/mol. The monoisotopic (exact) mass is 232 g/mol. The van der Waals surface area contributed by atoms with E-state index in [1.165, 1.54) is 30.6 Å². The largest absolute Gasteiger partial charge is 0.368 e. The van der Waals surface area contributed by atoms with Gasteiger partial charge >= 0.3 is 0 Å². The van der Waals surface area contributed by atoms with E-state index in [2.05, 4.69) is 43.0 Å². The van der Waals surface area contributed by atoms with Crippen LogP contribution in [0.5, 0.6) is 0 Å². The summed E-state index contributed by atoms with van der Waals surface area (Å²) in [5.41, 5.74) is 8.68. The van der Waals surface area contributed by atoms with Gasteiger partial charge in [-0.2, -0.15) is 0 Å². The van der Waals surface area contributed by atoms with Gasteiger partial charge in [0.15, 0.2) is 0 Å². The smallest absolute Gasteiger partial charge is 0.0401 e. The summed E-state index contributed by atoms with van der Waals surface area (Å²) >= 11 is 0. The highest BCUT2D eigenvalue weighted by molar-refractivity contribution is 5.56. The van der Waals surface area contributed by atoms with Crippen LogP contribution in [0.25, 0.3) is 0 Å². The molecule has 17 heavy (non-hydrogen) atoms. The molecule has 1 aromatic carbocycles.